The summed E-state index contributed by atoms with van der Waals surface area (Å²) in [5.74, 6) is 0. The van der Waals surface area contributed by atoms with Crippen LogP contribution in [-0.4, -0.2) is 15.7 Å². The molecule has 6 heteroatoms. The molecule has 1 N–H and O–H groups in total. The van der Waals surface area contributed by atoms with Crippen LogP contribution in [0.1, 0.15) is 37.3 Å². The number of nitro groups is 1. The average Bonchev–Trinajstić information content (AvgIpc) is 3.19. The zero-order valence-corrected chi connectivity index (χ0v) is 12.2. The maximum absolute atomic E-state index is 10.6. The highest BCUT2D eigenvalue weighted by molar-refractivity contribution is 5.79. The van der Waals surface area contributed by atoms with Crippen molar-refractivity contribution >= 4 is 17.6 Å². The van der Waals surface area contributed by atoms with Gasteiger partial charge in [-0.05, 0) is 31.0 Å². The zero-order valence-electron chi connectivity index (χ0n) is 12.2. The van der Waals surface area contributed by atoms with Gasteiger partial charge in [0.25, 0.3) is 5.69 Å². The van der Waals surface area contributed by atoms with Crippen LogP contribution >= 0.6 is 0 Å². The van der Waals surface area contributed by atoms with E-state index in [4.69, 9.17) is 0 Å². The molecular weight excluding hydrogens is 280 g/mol. The van der Waals surface area contributed by atoms with Gasteiger partial charge in [0.15, 0.2) is 0 Å². The number of aromatic nitrogens is 1. The highest BCUT2D eigenvalue weighted by Gasteiger charge is 2.15. The quantitative estimate of drug-likeness (QED) is 0.516. The number of nitro benzene ring substituents is 1. The third-order valence-corrected chi connectivity index (χ3v) is 3.97. The van der Waals surface area contributed by atoms with E-state index in [9.17, 15) is 10.1 Å². The Hall–Kier alpha value is -2.63. The Morgan fingerprint density at radius 3 is 2.64 bits per heavy atom. The van der Waals surface area contributed by atoms with Crippen LogP contribution in [0.5, 0.6) is 0 Å². The molecule has 3 rings (SSSR count). The normalized spacial score (nSPS) is 15.5. The minimum Gasteiger partial charge on any atom is -0.351 e. The highest BCUT2D eigenvalue weighted by Crippen LogP contribution is 2.29. The molecule has 1 aliphatic rings. The van der Waals surface area contributed by atoms with Crippen molar-refractivity contribution in [1.82, 2.24) is 4.57 Å². The van der Waals surface area contributed by atoms with Gasteiger partial charge < -0.3 is 4.57 Å². The minimum atomic E-state index is -0.418. The number of anilines is 1. The number of rotatable bonds is 5. The first-order chi connectivity index (χ1) is 10.7. The van der Waals surface area contributed by atoms with Crippen LogP contribution in [0, 0.1) is 10.1 Å². The van der Waals surface area contributed by atoms with E-state index in [-0.39, 0.29) is 5.69 Å². The van der Waals surface area contributed by atoms with Gasteiger partial charge in [-0.3, -0.25) is 15.5 Å². The Bertz CT molecular complexity index is 670. The van der Waals surface area contributed by atoms with Gasteiger partial charge in [0.2, 0.25) is 0 Å². The molecule has 1 aromatic carbocycles. The molecule has 22 heavy (non-hydrogen) atoms. The van der Waals surface area contributed by atoms with Gasteiger partial charge in [0.1, 0.15) is 0 Å². The molecule has 1 heterocycles. The van der Waals surface area contributed by atoms with Crippen LogP contribution in [0.25, 0.3) is 0 Å². The van der Waals surface area contributed by atoms with E-state index in [1.165, 1.54) is 37.8 Å². The number of hydrogen-bond donors (Lipinski definition) is 1. The van der Waals surface area contributed by atoms with Crippen molar-refractivity contribution in [2.24, 2.45) is 5.10 Å². The van der Waals surface area contributed by atoms with Crippen LogP contribution in [-0.2, 0) is 0 Å². The first kappa shape index (κ1) is 14.3. The fraction of sp³-hybridized carbons (Fsp3) is 0.312. The maximum Gasteiger partial charge on any atom is 0.269 e. The van der Waals surface area contributed by atoms with E-state index in [0.717, 1.165) is 11.3 Å². The molecule has 1 saturated carbocycles. The van der Waals surface area contributed by atoms with Gasteiger partial charge in [-0.2, -0.15) is 5.10 Å². The lowest BCUT2D eigenvalue weighted by Gasteiger charge is -2.10. The number of benzene rings is 1. The van der Waals surface area contributed by atoms with Crippen molar-refractivity contribution in [3.63, 3.8) is 0 Å². The molecule has 0 atom stereocenters. The molecule has 1 aliphatic carbocycles. The SMILES string of the molecule is O=[N+]([O-])c1ccc(N/N=C\c2ccn(C3CCCC3)c2)cc1. The standard InChI is InChI=1S/C16H18N4O2/c21-20(22)16-7-5-14(6-8-16)18-17-11-13-9-10-19(12-13)15-3-1-2-4-15/h5-12,15,18H,1-4H2/b17-11-. The summed E-state index contributed by atoms with van der Waals surface area (Å²) in [7, 11) is 0. The lowest BCUT2D eigenvalue weighted by molar-refractivity contribution is -0.384. The summed E-state index contributed by atoms with van der Waals surface area (Å²) in [5.41, 5.74) is 4.71. The van der Waals surface area contributed by atoms with Gasteiger partial charge in [0, 0.05) is 36.1 Å². The lowest BCUT2D eigenvalue weighted by atomic mass is 10.2. The zero-order chi connectivity index (χ0) is 15.4. The van der Waals surface area contributed by atoms with Gasteiger partial charge in [0.05, 0.1) is 16.8 Å². The van der Waals surface area contributed by atoms with Gasteiger partial charge in [-0.25, -0.2) is 0 Å². The van der Waals surface area contributed by atoms with E-state index in [1.807, 2.05) is 6.07 Å². The van der Waals surface area contributed by atoms with Crippen LogP contribution < -0.4 is 5.43 Å². The van der Waals surface area contributed by atoms with Crippen molar-refractivity contribution in [2.75, 3.05) is 5.43 Å². The highest BCUT2D eigenvalue weighted by atomic mass is 16.6. The summed E-state index contributed by atoms with van der Waals surface area (Å²) in [6.45, 7) is 0. The van der Waals surface area contributed by atoms with Crippen molar-refractivity contribution in [3.8, 4) is 0 Å². The molecule has 0 aliphatic heterocycles. The molecular formula is C16H18N4O2. The average molecular weight is 298 g/mol. The lowest BCUT2D eigenvalue weighted by Crippen LogP contribution is -2.00. The molecule has 2 aromatic rings. The first-order valence-electron chi connectivity index (χ1n) is 7.43. The Labute approximate surface area is 128 Å². The van der Waals surface area contributed by atoms with E-state index in [2.05, 4.69) is 27.5 Å². The topological polar surface area (TPSA) is 72.5 Å². The monoisotopic (exact) mass is 298 g/mol. The Balaban J connectivity index is 1.58. The van der Waals surface area contributed by atoms with Crippen molar-refractivity contribution in [3.05, 3.63) is 58.4 Å². The fourth-order valence-corrected chi connectivity index (χ4v) is 2.78. The van der Waals surface area contributed by atoms with E-state index in [1.54, 1.807) is 18.3 Å². The number of hydrazone groups is 1. The Morgan fingerprint density at radius 2 is 1.95 bits per heavy atom. The molecule has 1 fully saturated rings. The van der Waals surface area contributed by atoms with Crippen LogP contribution in [0.2, 0.25) is 0 Å². The van der Waals surface area contributed by atoms with E-state index >= 15 is 0 Å². The second-order valence-corrected chi connectivity index (χ2v) is 5.50. The first-order valence-corrected chi connectivity index (χ1v) is 7.43. The summed E-state index contributed by atoms with van der Waals surface area (Å²) in [6, 6.07) is 8.85. The third-order valence-electron chi connectivity index (χ3n) is 3.97. The minimum absolute atomic E-state index is 0.0724. The molecule has 0 bridgehead atoms. The smallest absolute Gasteiger partial charge is 0.269 e. The second kappa shape index (κ2) is 6.43. The Kier molecular flexibility index (Phi) is 4.18. The fourth-order valence-electron chi connectivity index (χ4n) is 2.78. The molecule has 0 unspecified atom stereocenters. The maximum atomic E-state index is 10.6. The summed E-state index contributed by atoms with van der Waals surface area (Å²) in [4.78, 5) is 10.2. The second-order valence-electron chi connectivity index (χ2n) is 5.50. The van der Waals surface area contributed by atoms with Crippen molar-refractivity contribution in [1.29, 1.82) is 0 Å². The predicted molar refractivity (Wildman–Crippen MR) is 86.3 cm³/mol. The number of hydrogen-bond acceptors (Lipinski definition) is 4. The molecule has 0 radical (unpaired) electrons. The van der Waals surface area contributed by atoms with Crippen molar-refractivity contribution < 1.29 is 4.92 Å². The molecule has 0 saturated heterocycles. The van der Waals surface area contributed by atoms with Gasteiger partial charge >= 0.3 is 0 Å². The summed E-state index contributed by atoms with van der Waals surface area (Å²) in [6.07, 6.45) is 11.1. The Morgan fingerprint density at radius 1 is 1.23 bits per heavy atom. The summed E-state index contributed by atoms with van der Waals surface area (Å²) in [5, 5.41) is 14.7. The summed E-state index contributed by atoms with van der Waals surface area (Å²) >= 11 is 0. The van der Waals surface area contributed by atoms with Gasteiger partial charge in [-0.15, -0.1) is 0 Å². The van der Waals surface area contributed by atoms with Gasteiger partial charge in [-0.1, -0.05) is 12.8 Å². The van der Waals surface area contributed by atoms with Crippen LogP contribution in [0.3, 0.4) is 0 Å². The molecule has 0 amide bonds. The molecule has 6 nitrogen and oxygen atoms in total. The number of nitrogens with one attached hydrogen (secondary N) is 1. The third kappa shape index (κ3) is 3.33. The van der Waals surface area contributed by atoms with Crippen LogP contribution in [0.4, 0.5) is 11.4 Å². The molecule has 114 valence electrons. The molecule has 0 spiro atoms. The number of non-ortho nitro benzene ring substituents is 1. The van der Waals surface area contributed by atoms with Crippen molar-refractivity contribution in [2.45, 2.75) is 31.7 Å². The van der Waals surface area contributed by atoms with E-state index < -0.39 is 4.92 Å². The predicted octanol–water partition coefficient (Wildman–Crippen LogP) is 3.96. The number of nitrogens with zero attached hydrogens (tertiary/aromatic N) is 3. The summed E-state index contributed by atoms with van der Waals surface area (Å²) < 4.78 is 2.26. The largest absolute Gasteiger partial charge is 0.351 e. The molecule has 1 aromatic heterocycles. The van der Waals surface area contributed by atoms with Crippen LogP contribution in [0.15, 0.2) is 47.8 Å². The van der Waals surface area contributed by atoms with E-state index in [0.29, 0.717) is 6.04 Å².